The monoisotopic (exact) mass is 402 g/mol. The molecule has 0 aliphatic heterocycles. The summed E-state index contributed by atoms with van der Waals surface area (Å²) >= 11 is 0. The largest absolute Gasteiger partial charge is 0.495 e. The SMILES string of the molecule is COc1cncc(-c2ccc(S(=O)(=O)NCCOc3ccccc3F)cc2)c1. The molecule has 8 heteroatoms. The molecule has 2 aromatic carbocycles. The molecule has 1 N–H and O–H groups in total. The Morgan fingerprint density at radius 2 is 1.79 bits per heavy atom. The van der Waals surface area contributed by atoms with Gasteiger partial charge in [-0.1, -0.05) is 24.3 Å². The average molecular weight is 402 g/mol. The second kappa shape index (κ2) is 8.81. The predicted octanol–water partition coefficient (Wildman–Crippen LogP) is 3.25. The van der Waals surface area contributed by atoms with Gasteiger partial charge in [-0.2, -0.15) is 0 Å². The van der Waals surface area contributed by atoms with Gasteiger partial charge in [-0.15, -0.1) is 0 Å². The van der Waals surface area contributed by atoms with Crippen LogP contribution in [0.15, 0.2) is 71.9 Å². The Kier molecular flexibility index (Phi) is 6.23. The summed E-state index contributed by atoms with van der Waals surface area (Å²) in [5.74, 6) is 0.205. The molecule has 0 radical (unpaired) electrons. The van der Waals surface area contributed by atoms with Crippen molar-refractivity contribution in [2.24, 2.45) is 0 Å². The van der Waals surface area contributed by atoms with Gasteiger partial charge in [-0.05, 0) is 35.9 Å². The van der Waals surface area contributed by atoms with Gasteiger partial charge in [-0.3, -0.25) is 4.98 Å². The third kappa shape index (κ3) is 4.85. The molecule has 146 valence electrons. The first-order chi connectivity index (χ1) is 13.5. The number of methoxy groups -OCH3 is 1. The molecular weight excluding hydrogens is 383 g/mol. The maximum absolute atomic E-state index is 13.5. The van der Waals surface area contributed by atoms with Gasteiger partial charge in [0.1, 0.15) is 12.4 Å². The molecule has 1 aromatic heterocycles. The smallest absolute Gasteiger partial charge is 0.240 e. The van der Waals surface area contributed by atoms with E-state index >= 15 is 0 Å². The van der Waals surface area contributed by atoms with Crippen molar-refractivity contribution >= 4 is 10.0 Å². The Labute approximate surface area is 163 Å². The second-order valence-corrected chi connectivity index (χ2v) is 7.58. The molecule has 3 rings (SSSR count). The number of halogens is 1. The van der Waals surface area contributed by atoms with Crippen LogP contribution < -0.4 is 14.2 Å². The van der Waals surface area contributed by atoms with Crippen LogP contribution in [-0.2, 0) is 10.0 Å². The number of nitrogens with one attached hydrogen (secondary N) is 1. The number of benzene rings is 2. The molecule has 3 aromatic rings. The van der Waals surface area contributed by atoms with Crippen LogP contribution in [0.4, 0.5) is 4.39 Å². The first kappa shape index (κ1) is 19.8. The Morgan fingerprint density at radius 3 is 2.50 bits per heavy atom. The molecule has 0 bridgehead atoms. The molecule has 0 aliphatic carbocycles. The number of hydrogen-bond donors (Lipinski definition) is 1. The standard InChI is InChI=1S/C20H19FN2O4S/c1-26-17-12-16(13-22-14-17)15-6-8-18(9-7-15)28(24,25)23-10-11-27-20-5-3-2-4-19(20)21/h2-9,12-14,23H,10-11H2,1H3. The predicted molar refractivity (Wildman–Crippen MR) is 103 cm³/mol. The van der Waals surface area contributed by atoms with Crippen LogP contribution >= 0.6 is 0 Å². The lowest BCUT2D eigenvalue weighted by atomic mass is 10.1. The van der Waals surface area contributed by atoms with Gasteiger partial charge in [-0.25, -0.2) is 17.5 Å². The molecular formula is C20H19FN2O4S. The highest BCUT2D eigenvalue weighted by atomic mass is 32.2. The van der Waals surface area contributed by atoms with Crippen molar-refractivity contribution in [2.75, 3.05) is 20.3 Å². The third-order valence-electron chi connectivity index (χ3n) is 3.94. The Hall–Kier alpha value is -2.97. The fraction of sp³-hybridized carbons (Fsp3) is 0.150. The normalized spacial score (nSPS) is 11.2. The van der Waals surface area contributed by atoms with Gasteiger partial charge in [0.05, 0.1) is 18.2 Å². The van der Waals surface area contributed by atoms with Crippen LogP contribution in [0.1, 0.15) is 0 Å². The van der Waals surface area contributed by atoms with Crippen LogP contribution in [0.5, 0.6) is 11.5 Å². The van der Waals surface area contributed by atoms with Crippen molar-refractivity contribution in [1.29, 1.82) is 0 Å². The van der Waals surface area contributed by atoms with Gasteiger partial charge in [0, 0.05) is 18.3 Å². The van der Waals surface area contributed by atoms with Gasteiger partial charge >= 0.3 is 0 Å². The van der Waals surface area contributed by atoms with Crippen molar-refractivity contribution in [3.63, 3.8) is 0 Å². The minimum absolute atomic E-state index is 0.00766. The molecule has 0 unspecified atom stereocenters. The highest BCUT2D eigenvalue weighted by Crippen LogP contribution is 2.23. The molecule has 28 heavy (non-hydrogen) atoms. The fourth-order valence-corrected chi connectivity index (χ4v) is 3.51. The summed E-state index contributed by atoms with van der Waals surface area (Å²) in [6, 6.07) is 14.2. The summed E-state index contributed by atoms with van der Waals surface area (Å²) in [4.78, 5) is 4.21. The maximum Gasteiger partial charge on any atom is 0.240 e. The number of hydrogen-bond acceptors (Lipinski definition) is 5. The van der Waals surface area contributed by atoms with E-state index in [-0.39, 0.29) is 23.8 Å². The number of ether oxygens (including phenoxy) is 2. The van der Waals surface area contributed by atoms with Crippen LogP contribution in [0.3, 0.4) is 0 Å². The number of para-hydroxylation sites is 1. The van der Waals surface area contributed by atoms with E-state index in [1.165, 1.54) is 24.3 Å². The van der Waals surface area contributed by atoms with Gasteiger partial charge in [0.15, 0.2) is 11.6 Å². The lowest BCUT2D eigenvalue weighted by molar-refractivity contribution is 0.306. The first-order valence-electron chi connectivity index (χ1n) is 8.46. The number of pyridine rings is 1. The van der Waals surface area contributed by atoms with Crippen LogP contribution in [0, 0.1) is 5.82 Å². The molecule has 0 atom stereocenters. The van der Waals surface area contributed by atoms with Crippen LogP contribution in [0.25, 0.3) is 11.1 Å². The number of sulfonamides is 1. The van der Waals surface area contributed by atoms with Gasteiger partial charge in [0.2, 0.25) is 10.0 Å². The molecule has 0 spiro atoms. The van der Waals surface area contributed by atoms with Gasteiger partial charge < -0.3 is 9.47 Å². The zero-order valence-electron chi connectivity index (χ0n) is 15.1. The van der Waals surface area contributed by atoms with E-state index in [4.69, 9.17) is 9.47 Å². The molecule has 0 aliphatic rings. The number of rotatable bonds is 8. The first-order valence-corrected chi connectivity index (χ1v) is 9.94. The van der Waals surface area contributed by atoms with Crippen molar-refractivity contribution < 1.29 is 22.3 Å². The van der Waals surface area contributed by atoms with Crippen LogP contribution in [0.2, 0.25) is 0 Å². The fourth-order valence-electron chi connectivity index (χ4n) is 2.50. The van der Waals surface area contributed by atoms with Crippen molar-refractivity contribution in [2.45, 2.75) is 4.90 Å². The summed E-state index contributed by atoms with van der Waals surface area (Å²) in [5.41, 5.74) is 1.63. The Bertz CT molecular complexity index is 1040. The number of aromatic nitrogens is 1. The van der Waals surface area contributed by atoms with E-state index in [0.717, 1.165) is 11.1 Å². The van der Waals surface area contributed by atoms with E-state index in [1.807, 2.05) is 6.07 Å². The van der Waals surface area contributed by atoms with E-state index < -0.39 is 15.8 Å². The van der Waals surface area contributed by atoms with E-state index in [9.17, 15) is 12.8 Å². The lowest BCUT2D eigenvalue weighted by Crippen LogP contribution is -2.28. The molecule has 6 nitrogen and oxygen atoms in total. The molecule has 0 fully saturated rings. The van der Waals surface area contributed by atoms with E-state index in [0.29, 0.717) is 5.75 Å². The van der Waals surface area contributed by atoms with Crippen LogP contribution in [-0.4, -0.2) is 33.7 Å². The molecule has 0 saturated heterocycles. The van der Waals surface area contributed by atoms with Crippen molar-refractivity contribution in [3.8, 4) is 22.6 Å². The topological polar surface area (TPSA) is 77.5 Å². The summed E-state index contributed by atoms with van der Waals surface area (Å²) in [6.45, 7) is 0.0198. The third-order valence-corrected chi connectivity index (χ3v) is 5.41. The molecule has 0 amide bonds. The summed E-state index contributed by atoms with van der Waals surface area (Å²) in [6.07, 6.45) is 3.26. The highest BCUT2D eigenvalue weighted by Gasteiger charge is 2.14. The zero-order chi connectivity index (χ0) is 20.0. The summed E-state index contributed by atoms with van der Waals surface area (Å²) in [7, 11) is -2.15. The van der Waals surface area contributed by atoms with Crippen molar-refractivity contribution in [1.82, 2.24) is 9.71 Å². The number of nitrogens with zero attached hydrogens (tertiary/aromatic N) is 1. The minimum atomic E-state index is -3.70. The van der Waals surface area contributed by atoms with E-state index in [1.54, 1.807) is 43.8 Å². The summed E-state index contributed by atoms with van der Waals surface area (Å²) in [5, 5.41) is 0. The minimum Gasteiger partial charge on any atom is -0.495 e. The van der Waals surface area contributed by atoms with Crippen molar-refractivity contribution in [3.05, 3.63) is 72.8 Å². The molecule has 0 saturated carbocycles. The van der Waals surface area contributed by atoms with E-state index in [2.05, 4.69) is 9.71 Å². The second-order valence-electron chi connectivity index (χ2n) is 5.81. The molecule has 1 heterocycles. The quantitative estimate of drug-likeness (QED) is 0.585. The highest BCUT2D eigenvalue weighted by molar-refractivity contribution is 7.89. The Balaban J connectivity index is 1.61. The van der Waals surface area contributed by atoms with Gasteiger partial charge in [0.25, 0.3) is 0 Å². The zero-order valence-corrected chi connectivity index (χ0v) is 15.9. The average Bonchev–Trinajstić information content (AvgIpc) is 2.72. The maximum atomic E-state index is 13.5. The Morgan fingerprint density at radius 1 is 1.04 bits per heavy atom. The summed E-state index contributed by atoms with van der Waals surface area (Å²) < 4.78 is 51.1. The lowest BCUT2D eigenvalue weighted by Gasteiger charge is -2.10.